The fourth-order valence-corrected chi connectivity index (χ4v) is 2.61. The lowest BCUT2D eigenvalue weighted by Gasteiger charge is -2.33. The summed E-state index contributed by atoms with van der Waals surface area (Å²) < 4.78 is 1.58. The molecule has 20 heavy (non-hydrogen) atoms. The van der Waals surface area contributed by atoms with Crippen LogP contribution in [0.5, 0.6) is 0 Å². The van der Waals surface area contributed by atoms with Crippen LogP contribution in [0, 0.1) is 13.8 Å². The summed E-state index contributed by atoms with van der Waals surface area (Å²) >= 11 is 0. The second kappa shape index (κ2) is 5.52. The number of primary amides is 1. The quantitative estimate of drug-likeness (QED) is 0.808. The van der Waals surface area contributed by atoms with Crippen LogP contribution in [-0.2, 0) is 16.1 Å². The van der Waals surface area contributed by atoms with Gasteiger partial charge in [-0.15, -0.1) is 0 Å². The number of likely N-dealkylation sites (tertiary alicyclic amines) is 1. The maximum atomic E-state index is 12.4. The van der Waals surface area contributed by atoms with Gasteiger partial charge in [0, 0.05) is 6.54 Å². The van der Waals surface area contributed by atoms with Crippen LogP contribution in [0.3, 0.4) is 0 Å². The van der Waals surface area contributed by atoms with Gasteiger partial charge in [0.2, 0.25) is 11.8 Å². The number of anilines is 1. The van der Waals surface area contributed by atoms with E-state index in [0.717, 1.165) is 18.5 Å². The van der Waals surface area contributed by atoms with Crippen molar-refractivity contribution in [1.29, 1.82) is 0 Å². The second-order valence-corrected chi connectivity index (χ2v) is 5.24. The highest BCUT2D eigenvalue weighted by molar-refractivity contribution is 5.86. The molecule has 0 spiro atoms. The molecule has 110 valence electrons. The number of aryl methyl sites for hydroxylation is 1. The Labute approximate surface area is 117 Å². The van der Waals surface area contributed by atoms with E-state index in [-0.39, 0.29) is 12.5 Å². The number of piperidine rings is 1. The van der Waals surface area contributed by atoms with Crippen LogP contribution >= 0.6 is 0 Å². The summed E-state index contributed by atoms with van der Waals surface area (Å²) in [5.41, 5.74) is 13.3. The van der Waals surface area contributed by atoms with Gasteiger partial charge in [-0.3, -0.25) is 14.3 Å². The first-order valence-electron chi connectivity index (χ1n) is 6.80. The van der Waals surface area contributed by atoms with Crippen molar-refractivity contribution in [1.82, 2.24) is 14.7 Å². The van der Waals surface area contributed by atoms with Gasteiger partial charge in [-0.1, -0.05) is 0 Å². The molecule has 0 bridgehead atoms. The Morgan fingerprint density at radius 2 is 2.05 bits per heavy atom. The molecule has 0 aromatic carbocycles. The smallest absolute Gasteiger partial charge is 0.244 e. The van der Waals surface area contributed by atoms with Crippen molar-refractivity contribution in [3.63, 3.8) is 0 Å². The third-order valence-electron chi connectivity index (χ3n) is 3.87. The molecule has 1 fully saturated rings. The highest BCUT2D eigenvalue weighted by atomic mass is 16.2. The minimum Gasteiger partial charge on any atom is -0.396 e. The molecule has 7 nitrogen and oxygen atoms in total. The van der Waals surface area contributed by atoms with Gasteiger partial charge in [0.25, 0.3) is 0 Å². The Hall–Kier alpha value is -2.05. The number of hydrogen-bond donors (Lipinski definition) is 2. The van der Waals surface area contributed by atoms with Gasteiger partial charge in [-0.05, 0) is 33.1 Å². The molecule has 1 aliphatic heterocycles. The molecule has 7 heteroatoms. The molecule has 4 N–H and O–H groups in total. The fraction of sp³-hybridized carbons (Fsp3) is 0.615. The van der Waals surface area contributed by atoms with Gasteiger partial charge in [0.1, 0.15) is 12.6 Å². The lowest BCUT2D eigenvalue weighted by Crippen LogP contribution is -2.51. The van der Waals surface area contributed by atoms with E-state index in [0.29, 0.717) is 24.3 Å². The summed E-state index contributed by atoms with van der Waals surface area (Å²) in [4.78, 5) is 25.4. The molecule has 2 amide bonds. The zero-order valence-corrected chi connectivity index (χ0v) is 11.9. The van der Waals surface area contributed by atoms with Crippen molar-refractivity contribution in [3.05, 3.63) is 11.4 Å². The van der Waals surface area contributed by atoms with Crippen LogP contribution in [0.15, 0.2) is 0 Å². The Kier molecular flexibility index (Phi) is 3.96. The molecule has 1 aromatic rings. The van der Waals surface area contributed by atoms with Crippen LogP contribution in [0.1, 0.15) is 30.7 Å². The van der Waals surface area contributed by atoms with Crippen LogP contribution in [0.4, 0.5) is 5.69 Å². The maximum absolute atomic E-state index is 12.4. The summed E-state index contributed by atoms with van der Waals surface area (Å²) in [5.74, 6) is -0.579. The highest BCUT2D eigenvalue weighted by Gasteiger charge is 2.30. The normalized spacial score (nSPS) is 19.1. The van der Waals surface area contributed by atoms with E-state index in [4.69, 9.17) is 11.5 Å². The Morgan fingerprint density at radius 1 is 1.35 bits per heavy atom. The third-order valence-corrected chi connectivity index (χ3v) is 3.87. The zero-order chi connectivity index (χ0) is 14.9. The van der Waals surface area contributed by atoms with Crippen LogP contribution in [0.2, 0.25) is 0 Å². The van der Waals surface area contributed by atoms with Gasteiger partial charge < -0.3 is 16.4 Å². The van der Waals surface area contributed by atoms with E-state index < -0.39 is 11.9 Å². The predicted molar refractivity (Wildman–Crippen MR) is 74.7 cm³/mol. The predicted octanol–water partition coefficient (Wildman–Crippen LogP) is -0.0515. The average molecular weight is 279 g/mol. The van der Waals surface area contributed by atoms with Gasteiger partial charge in [0.15, 0.2) is 0 Å². The van der Waals surface area contributed by atoms with Crippen LogP contribution < -0.4 is 11.5 Å². The van der Waals surface area contributed by atoms with E-state index in [1.807, 2.05) is 6.92 Å². The molecule has 0 radical (unpaired) electrons. The fourth-order valence-electron chi connectivity index (χ4n) is 2.61. The van der Waals surface area contributed by atoms with E-state index in [1.165, 1.54) is 0 Å². The minimum atomic E-state index is -0.495. The molecule has 2 heterocycles. The average Bonchev–Trinajstić information content (AvgIpc) is 2.66. The summed E-state index contributed by atoms with van der Waals surface area (Å²) in [6.07, 6.45) is 2.46. The van der Waals surface area contributed by atoms with Gasteiger partial charge >= 0.3 is 0 Å². The monoisotopic (exact) mass is 279 g/mol. The van der Waals surface area contributed by atoms with E-state index in [9.17, 15) is 9.59 Å². The molecule has 2 rings (SSSR count). The topological polar surface area (TPSA) is 107 Å². The zero-order valence-electron chi connectivity index (χ0n) is 11.9. The van der Waals surface area contributed by atoms with Crippen molar-refractivity contribution in [3.8, 4) is 0 Å². The Balaban J connectivity index is 2.14. The van der Waals surface area contributed by atoms with Crippen molar-refractivity contribution in [2.45, 2.75) is 45.7 Å². The lowest BCUT2D eigenvalue weighted by atomic mass is 10.0. The molecule has 0 saturated carbocycles. The van der Waals surface area contributed by atoms with E-state index in [1.54, 1.807) is 16.5 Å². The number of carbonyl (C=O) groups is 2. The summed E-state index contributed by atoms with van der Waals surface area (Å²) in [7, 11) is 0. The highest BCUT2D eigenvalue weighted by Crippen LogP contribution is 2.19. The van der Waals surface area contributed by atoms with Crippen LogP contribution in [-0.4, -0.2) is 39.1 Å². The number of nitrogen functional groups attached to an aromatic ring is 1. The SMILES string of the molecule is Cc1nn(CC(=O)N2CCCCC2C(N)=O)c(C)c1N. The molecule has 1 saturated heterocycles. The first kappa shape index (κ1) is 14.4. The van der Waals surface area contributed by atoms with Crippen molar-refractivity contribution >= 4 is 17.5 Å². The minimum absolute atomic E-state index is 0.0909. The number of aromatic nitrogens is 2. The molecule has 1 atom stereocenters. The summed E-state index contributed by atoms with van der Waals surface area (Å²) in [6.45, 7) is 4.29. The number of nitrogens with two attached hydrogens (primary N) is 2. The Morgan fingerprint density at radius 3 is 2.60 bits per heavy atom. The summed E-state index contributed by atoms with van der Waals surface area (Å²) in [6, 6.07) is -0.495. The van der Waals surface area contributed by atoms with E-state index in [2.05, 4.69) is 5.10 Å². The maximum Gasteiger partial charge on any atom is 0.244 e. The molecule has 1 unspecified atom stereocenters. The Bertz CT molecular complexity index is 537. The number of amides is 2. The van der Waals surface area contributed by atoms with Crippen molar-refractivity contribution in [2.24, 2.45) is 5.73 Å². The van der Waals surface area contributed by atoms with Crippen LogP contribution in [0.25, 0.3) is 0 Å². The lowest BCUT2D eigenvalue weighted by molar-refractivity contribution is -0.141. The molecular formula is C13H21N5O2. The van der Waals surface area contributed by atoms with Gasteiger partial charge in [0.05, 0.1) is 17.1 Å². The first-order chi connectivity index (χ1) is 9.41. The van der Waals surface area contributed by atoms with Gasteiger partial charge in [-0.25, -0.2) is 0 Å². The molecule has 1 aromatic heterocycles. The standard InChI is InChI=1S/C13H21N5O2/c1-8-12(14)9(2)18(16-8)7-11(19)17-6-4-3-5-10(17)13(15)20/h10H,3-7,14H2,1-2H3,(H2,15,20). The number of carbonyl (C=O) groups excluding carboxylic acids is 2. The number of nitrogens with zero attached hydrogens (tertiary/aromatic N) is 3. The van der Waals surface area contributed by atoms with Crippen molar-refractivity contribution < 1.29 is 9.59 Å². The largest absolute Gasteiger partial charge is 0.396 e. The second-order valence-electron chi connectivity index (χ2n) is 5.24. The molecule has 1 aliphatic rings. The first-order valence-corrected chi connectivity index (χ1v) is 6.80. The van der Waals surface area contributed by atoms with Crippen molar-refractivity contribution in [2.75, 3.05) is 12.3 Å². The molecule has 0 aliphatic carbocycles. The summed E-state index contributed by atoms with van der Waals surface area (Å²) in [5, 5.41) is 4.24. The third kappa shape index (κ3) is 2.61. The number of hydrogen-bond acceptors (Lipinski definition) is 4. The number of rotatable bonds is 3. The van der Waals surface area contributed by atoms with E-state index >= 15 is 0 Å². The molecular weight excluding hydrogens is 258 g/mol. The van der Waals surface area contributed by atoms with Gasteiger partial charge in [-0.2, -0.15) is 5.10 Å².